The molecule has 1 aromatic carbocycles. The van der Waals surface area contributed by atoms with Crippen LogP contribution in [0.5, 0.6) is 0 Å². The van der Waals surface area contributed by atoms with Crippen molar-refractivity contribution in [2.75, 3.05) is 6.26 Å². The van der Waals surface area contributed by atoms with Crippen LogP contribution in [0.25, 0.3) is 0 Å². The Morgan fingerprint density at radius 2 is 2.00 bits per heavy atom. The van der Waals surface area contributed by atoms with Crippen molar-refractivity contribution in [1.82, 2.24) is 0 Å². The van der Waals surface area contributed by atoms with E-state index in [0.29, 0.717) is 4.90 Å². The van der Waals surface area contributed by atoms with Crippen LogP contribution in [0, 0.1) is 0 Å². The number of hydrogen-bond donors (Lipinski definition) is 1. The number of rotatable bonds is 4. The van der Waals surface area contributed by atoms with E-state index >= 15 is 0 Å². The van der Waals surface area contributed by atoms with Gasteiger partial charge in [-0.05, 0) is 36.2 Å². The molecule has 0 saturated carbocycles. The molecule has 0 aliphatic rings. The summed E-state index contributed by atoms with van der Waals surface area (Å²) in [7, 11) is -3.19. The van der Waals surface area contributed by atoms with Crippen LogP contribution in [0.2, 0.25) is 0 Å². The monoisotopic (exact) mass is 295 g/mol. The average molecular weight is 295 g/mol. The van der Waals surface area contributed by atoms with E-state index in [0.717, 1.165) is 16.9 Å². The number of aryl methyl sites for hydroxylation is 1. The number of nitrogens with two attached hydrogens (primary N) is 1. The first kappa shape index (κ1) is 14.2. The van der Waals surface area contributed by atoms with Crippen LogP contribution in [0.4, 0.5) is 0 Å². The minimum absolute atomic E-state index is 0.271. The van der Waals surface area contributed by atoms with Crippen LogP contribution in [0.15, 0.2) is 41.3 Å². The van der Waals surface area contributed by atoms with Crippen molar-refractivity contribution in [3.63, 3.8) is 0 Å². The van der Waals surface area contributed by atoms with E-state index in [1.165, 1.54) is 11.1 Å². The third-order valence-corrected chi connectivity index (χ3v) is 5.41. The molecule has 0 amide bonds. The maximum atomic E-state index is 11.6. The van der Waals surface area contributed by atoms with Gasteiger partial charge in [-0.3, -0.25) is 0 Å². The lowest BCUT2D eigenvalue weighted by Gasteiger charge is -2.11. The minimum Gasteiger partial charge on any atom is -0.320 e. The molecule has 5 heteroatoms. The summed E-state index contributed by atoms with van der Waals surface area (Å²) in [6, 6.07) is 10.7. The SMILES string of the molecule is CCc1ccc(C(N)c2cccc(S(C)(=O)=O)c2)s1. The number of thiophene rings is 1. The van der Waals surface area contributed by atoms with E-state index < -0.39 is 9.84 Å². The van der Waals surface area contributed by atoms with Gasteiger partial charge in [0, 0.05) is 16.0 Å². The zero-order valence-corrected chi connectivity index (χ0v) is 12.6. The molecule has 0 aliphatic heterocycles. The first-order chi connectivity index (χ1) is 8.91. The summed E-state index contributed by atoms with van der Waals surface area (Å²) in [5.41, 5.74) is 7.04. The number of benzene rings is 1. The van der Waals surface area contributed by atoms with Crippen molar-refractivity contribution in [3.05, 3.63) is 51.7 Å². The molecule has 0 radical (unpaired) electrons. The molecule has 2 rings (SSSR count). The lowest BCUT2D eigenvalue weighted by Crippen LogP contribution is -2.11. The predicted octanol–water partition coefficient (Wildman–Crippen LogP) is 2.76. The van der Waals surface area contributed by atoms with E-state index in [2.05, 4.69) is 13.0 Å². The first-order valence-corrected chi connectivity index (χ1v) is 8.77. The van der Waals surface area contributed by atoms with E-state index in [-0.39, 0.29) is 6.04 Å². The molecule has 0 bridgehead atoms. The molecule has 0 aliphatic carbocycles. The van der Waals surface area contributed by atoms with Gasteiger partial charge in [-0.25, -0.2) is 8.42 Å². The van der Waals surface area contributed by atoms with Gasteiger partial charge in [0.15, 0.2) is 9.84 Å². The van der Waals surface area contributed by atoms with E-state index in [1.807, 2.05) is 12.1 Å². The fourth-order valence-electron chi connectivity index (χ4n) is 1.85. The third-order valence-electron chi connectivity index (χ3n) is 2.98. The smallest absolute Gasteiger partial charge is 0.175 e. The van der Waals surface area contributed by atoms with Crippen LogP contribution in [0.1, 0.15) is 28.3 Å². The average Bonchev–Trinajstić information content (AvgIpc) is 2.86. The van der Waals surface area contributed by atoms with Crippen LogP contribution in [-0.4, -0.2) is 14.7 Å². The molecule has 1 aromatic heterocycles. The molecule has 3 nitrogen and oxygen atoms in total. The summed E-state index contributed by atoms with van der Waals surface area (Å²) in [5.74, 6) is 0. The lowest BCUT2D eigenvalue weighted by atomic mass is 10.1. The molecule has 0 fully saturated rings. The van der Waals surface area contributed by atoms with Crippen LogP contribution in [0.3, 0.4) is 0 Å². The second kappa shape index (κ2) is 5.45. The Balaban J connectivity index is 2.36. The van der Waals surface area contributed by atoms with Crippen molar-refractivity contribution < 1.29 is 8.42 Å². The number of hydrogen-bond acceptors (Lipinski definition) is 4. The van der Waals surface area contributed by atoms with Crippen molar-refractivity contribution in [3.8, 4) is 0 Å². The Bertz CT molecular complexity index is 674. The Kier molecular flexibility index (Phi) is 4.08. The second-order valence-electron chi connectivity index (χ2n) is 4.48. The molecule has 2 aromatic rings. The van der Waals surface area contributed by atoms with Crippen molar-refractivity contribution in [1.29, 1.82) is 0 Å². The Labute approximate surface area is 118 Å². The van der Waals surface area contributed by atoms with Gasteiger partial charge < -0.3 is 5.73 Å². The summed E-state index contributed by atoms with van der Waals surface area (Å²) < 4.78 is 23.1. The van der Waals surface area contributed by atoms with Gasteiger partial charge in [0.2, 0.25) is 0 Å². The Hall–Kier alpha value is -1.17. The van der Waals surface area contributed by atoms with Crippen LogP contribution < -0.4 is 5.73 Å². The summed E-state index contributed by atoms with van der Waals surface area (Å²) in [5, 5.41) is 0. The van der Waals surface area contributed by atoms with Gasteiger partial charge in [0.25, 0.3) is 0 Å². The Morgan fingerprint density at radius 3 is 2.58 bits per heavy atom. The molecule has 1 heterocycles. The highest BCUT2D eigenvalue weighted by Crippen LogP contribution is 2.28. The van der Waals surface area contributed by atoms with Gasteiger partial charge in [0.1, 0.15) is 0 Å². The largest absolute Gasteiger partial charge is 0.320 e. The van der Waals surface area contributed by atoms with Crippen molar-refractivity contribution in [2.24, 2.45) is 5.73 Å². The molecule has 19 heavy (non-hydrogen) atoms. The molecule has 102 valence electrons. The third kappa shape index (κ3) is 3.23. The highest BCUT2D eigenvalue weighted by Gasteiger charge is 2.14. The van der Waals surface area contributed by atoms with Crippen molar-refractivity contribution >= 4 is 21.2 Å². The van der Waals surface area contributed by atoms with E-state index in [4.69, 9.17) is 5.73 Å². The lowest BCUT2D eigenvalue weighted by molar-refractivity contribution is 0.601. The van der Waals surface area contributed by atoms with Gasteiger partial charge >= 0.3 is 0 Å². The zero-order chi connectivity index (χ0) is 14.0. The standard InChI is InChI=1S/C14H17NO2S2/c1-3-11-7-8-13(18-11)14(15)10-5-4-6-12(9-10)19(2,16)17/h4-9,14H,3,15H2,1-2H3. The second-order valence-corrected chi connectivity index (χ2v) is 7.70. The topological polar surface area (TPSA) is 60.2 Å². The summed E-state index contributed by atoms with van der Waals surface area (Å²) in [6.45, 7) is 2.10. The predicted molar refractivity (Wildman–Crippen MR) is 79.3 cm³/mol. The molecular weight excluding hydrogens is 278 g/mol. The van der Waals surface area contributed by atoms with Crippen LogP contribution >= 0.6 is 11.3 Å². The van der Waals surface area contributed by atoms with Gasteiger partial charge in [0.05, 0.1) is 10.9 Å². The summed E-state index contributed by atoms with van der Waals surface area (Å²) >= 11 is 1.67. The summed E-state index contributed by atoms with van der Waals surface area (Å²) in [6.07, 6.45) is 2.19. The van der Waals surface area contributed by atoms with E-state index in [9.17, 15) is 8.42 Å². The summed E-state index contributed by atoms with van der Waals surface area (Å²) in [4.78, 5) is 2.65. The fourth-order valence-corrected chi connectivity index (χ4v) is 3.51. The first-order valence-electron chi connectivity index (χ1n) is 6.06. The molecular formula is C14H17NO2S2. The zero-order valence-electron chi connectivity index (χ0n) is 11.0. The maximum absolute atomic E-state index is 11.6. The molecule has 0 spiro atoms. The molecule has 0 saturated heterocycles. The molecule has 1 unspecified atom stereocenters. The van der Waals surface area contributed by atoms with Gasteiger partial charge in [-0.15, -0.1) is 11.3 Å². The van der Waals surface area contributed by atoms with Crippen LogP contribution in [-0.2, 0) is 16.3 Å². The van der Waals surface area contributed by atoms with Gasteiger partial charge in [-0.2, -0.15) is 0 Å². The van der Waals surface area contributed by atoms with E-state index in [1.54, 1.807) is 29.5 Å². The highest BCUT2D eigenvalue weighted by molar-refractivity contribution is 7.90. The normalized spacial score (nSPS) is 13.4. The Morgan fingerprint density at radius 1 is 1.26 bits per heavy atom. The maximum Gasteiger partial charge on any atom is 0.175 e. The van der Waals surface area contributed by atoms with Gasteiger partial charge in [-0.1, -0.05) is 19.1 Å². The molecule has 1 atom stereocenters. The van der Waals surface area contributed by atoms with Crippen molar-refractivity contribution in [2.45, 2.75) is 24.3 Å². The minimum atomic E-state index is -3.19. The fraction of sp³-hybridized carbons (Fsp3) is 0.286. The number of sulfone groups is 1. The quantitative estimate of drug-likeness (QED) is 0.943. The molecule has 2 N–H and O–H groups in total. The highest BCUT2D eigenvalue weighted by atomic mass is 32.2.